The fourth-order valence-electron chi connectivity index (χ4n) is 2.38. The zero-order valence-corrected chi connectivity index (χ0v) is 14.4. The topological polar surface area (TPSA) is 83.5 Å². The van der Waals surface area contributed by atoms with E-state index in [1.54, 1.807) is 29.6 Å². The van der Waals surface area contributed by atoms with Crippen molar-refractivity contribution in [3.63, 3.8) is 0 Å². The van der Waals surface area contributed by atoms with Crippen LogP contribution in [-0.2, 0) is 9.59 Å². The number of benzene rings is 1. The molecule has 0 bridgehead atoms. The van der Waals surface area contributed by atoms with Gasteiger partial charge in [-0.05, 0) is 42.0 Å². The van der Waals surface area contributed by atoms with E-state index in [9.17, 15) is 19.5 Å². The maximum absolute atomic E-state index is 12.1. The van der Waals surface area contributed by atoms with Crippen LogP contribution in [-0.4, -0.2) is 22.8 Å². The van der Waals surface area contributed by atoms with Gasteiger partial charge >= 0.3 is 5.97 Å². The first-order chi connectivity index (χ1) is 11.4. The van der Waals surface area contributed by atoms with E-state index in [4.69, 9.17) is 0 Å². The van der Waals surface area contributed by atoms with E-state index in [1.165, 1.54) is 11.3 Å². The minimum absolute atomic E-state index is 0.0363. The standard InChI is InChI=1S/C18H19NO4S/c1-11-5-3-6-13(12(11)2)17(18(22)23)19-16(21)9-8-14(20)15-7-4-10-24-15/h3-7,10,17H,8-9H2,1-2H3,(H,19,21)(H,22,23). The Bertz CT molecular complexity index is 752. The van der Waals surface area contributed by atoms with Gasteiger partial charge in [0.25, 0.3) is 0 Å². The summed E-state index contributed by atoms with van der Waals surface area (Å²) >= 11 is 1.33. The number of amides is 1. The molecule has 1 aromatic carbocycles. The molecule has 0 aliphatic heterocycles. The minimum atomic E-state index is -1.12. The van der Waals surface area contributed by atoms with Crippen LogP contribution in [0.4, 0.5) is 0 Å². The van der Waals surface area contributed by atoms with Gasteiger partial charge in [0.05, 0.1) is 4.88 Å². The van der Waals surface area contributed by atoms with Crippen molar-refractivity contribution in [2.45, 2.75) is 32.7 Å². The van der Waals surface area contributed by atoms with E-state index in [0.717, 1.165) is 11.1 Å². The van der Waals surface area contributed by atoms with Crippen LogP contribution in [0.3, 0.4) is 0 Å². The highest BCUT2D eigenvalue weighted by Crippen LogP contribution is 2.21. The molecule has 0 aliphatic rings. The van der Waals surface area contributed by atoms with E-state index in [2.05, 4.69) is 5.32 Å². The lowest BCUT2D eigenvalue weighted by atomic mass is 9.97. The average Bonchev–Trinajstić information content (AvgIpc) is 3.07. The summed E-state index contributed by atoms with van der Waals surface area (Å²) in [5.74, 6) is -1.69. The number of Topliss-reactive ketones (excluding diaryl/α,β-unsaturated/α-hetero) is 1. The molecule has 2 aromatic rings. The van der Waals surface area contributed by atoms with Crippen molar-refractivity contribution in [3.8, 4) is 0 Å². The number of carboxylic acid groups (broad SMARTS) is 1. The lowest BCUT2D eigenvalue weighted by molar-refractivity contribution is -0.142. The summed E-state index contributed by atoms with van der Waals surface area (Å²) in [5, 5.41) is 13.8. The number of aliphatic carboxylic acids is 1. The molecule has 0 spiro atoms. The monoisotopic (exact) mass is 345 g/mol. The van der Waals surface area contributed by atoms with Gasteiger partial charge in [-0.15, -0.1) is 11.3 Å². The fourth-order valence-corrected chi connectivity index (χ4v) is 3.07. The van der Waals surface area contributed by atoms with Crippen LogP contribution in [0.2, 0.25) is 0 Å². The summed E-state index contributed by atoms with van der Waals surface area (Å²) in [6.07, 6.45) is 0.0247. The second-order valence-electron chi connectivity index (χ2n) is 5.53. The SMILES string of the molecule is Cc1cccc(C(NC(=O)CCC(=O)c2cccs2)C(=O)O)c1C. The van der Waals surface area contributed by atoms with E-state index < -0.39 is 17.9 Å². The van der Waals surface area contributed by atoms with Crippen molar-refractivity contribution in [1.29, 1.82) is 0 Å². The number of aryl methyl sites for hydroxylation is 1. The normalized spacial score (nSPS) is 11.8. The molecular weight excluding hydrogens is 326 g/mol. The van der Waals surface area contributed by atoms with Crippen molar-refractivity contribution >= 4 is 29.0 Å². The number of hydrogen-bond acceptors (Lipinski definition) is 4. The van der Waals surface area contributed by atoms with E-state index in [-0.39, 0.29) is 18.6 Å². The van der Waals surface area contributed by atoms with Gasteiger partial charge in [-0.2, -0.15) is 0 Å². The summed E-state index contributed by atoms with van der Waals surface area (Å²) < 4.78 is 0. The second kappa shape index (κ2) is 7.88. The Kier molecular flexibility index (Phi) is 5.87. The second-order valence-corrected chi connectivity index (χ2v) is 6.48. The Hall–Kier alpha value is -2.47. The third kappa shape index (κ3) is 4.29. The maximum Gasteiger partial charge on any atom is 0.330 e. The molecule has 0 saturated carbocycles. The molecule has 1 unspecified atom stereocenters. The Balaban J connectivity index is 2.03. The number of thiophene rings is 1. The first-order valence-electron chi connectivity index (χ1n) is 7.55. The molecular formula is C18H19NO4S. The number of carbonyl (C=O) groups is 3. The van der Waals surface area contributed by atoms with Gasteiger partial charge < -0.3 is 10.4 Å². The first-order valence-corrected chi connectivity index (χ1v) is 8.43. The molecule has 2 rings (SSSR count). The molecule has 0 aliphatic carbocycles. The molecule has 1 aromatic heterocycles. The van der Waals surface area contributed by atoms with Crippen LogP contribution >= 0.6 is 11.3 Å². The zero-order chi connectivity index (χ0) is 17.7. The molecule has 1 amide bonds. The fraction of sp³-hybridized carbons (Fsp3) is 0.278. The predicted octanol–water partition coefficient (Wildman–Crippen LogP) is 3.27. The predicted molar refractivity (Wildman–Crippen MR) is 92.3 cm³/mol. The lowest BCUT2D eigenvalue weighted by Gasteiger charge is -2.18. The van der Waals surface area contributed by atoms with Gasteiger partial charge in [0.1, 0.15) is 0 Å². The Morgan fingerprint density at radius 1 is 1.12 bits per heavy atom. The summed E-state index contributed by atoms with van der Waals surface area (Å²) in [4.78, 5) is 36.1. The highest BCUT2D eigenvalue weighted by molar-refractivity contribution is 7.12. The lowest BCUT2D eigenvalue weighted by Crippen LogP contribution is -2.34. The number of hydrogen-bond donors (Lipinski definition) is 2. The Labute approximate surface area is 144 Å². The van der Waals surface area contributed by atoms with Gasteiger partial charge in [-0.3, -0.25) is 9.59 Å². The zero-order valence-electron chi connectivity index (χ0n) is 13.5. The molecule has 1 atom stereocenters. The van der Waals surface area contributed by atoms with Crippen LogP contribution in [0.15, 0.2) is 35.7 Å². The van der Waals surface area contributed by atoms with Crippen molar-refractivity contribution < 1.29 is 19.5 Å². The van der Waals surface area contributed by atoms with Crippen LogP contribution in [0.25, 0.3) is 0 Å². The number of ketones is 1. The molecule has 126 valence electrons. The number of carboxylic acids is 1. The quantitative estimate of drug-likeness (QED) is 0.755. The smallest absolute Gasteiger partial charge is 0.330 e. The number of rotatable bonds is 7. The maximum atomic E-state index is 12.1. The van der Waals surface area contributed by atoms with Gasteiger partial charge in [-0.25, -0.2) is 4.79 Å². The molecule has 5 nitrogen and oxygen atoms in total. The summed E-state index contributed by atoms with van der Waals surface area (Å²) in [6, 6.07) is 7.71. The van der Waals surface area contributed by atoms with Crippen LogP contribution in [0, 0.1) is 13.8 Å². The van der Waals surface area contributed by atoms with Crippen molar-refractivity contribution in [2.75, 3.05) is 0 Å². The minimum Gasteiger partial charge on any atom is -0.479 e. The van der Waals surface area contributed by atoms with Crippen molar-refractivity contribution in [1.82, 2.24) is 5.32 Å². The van der Waals surface area contributed by atoms with Crippen LogP contribution < -0.4 is 5.32 Å². The van der Waals surface area contributed by atoms with Crippen LogP contribution in [0.5, 0.6) is 0 Å². The Morgan fingerprint density at radius 2 is 1.88 bits per heavy atom. The van der Waals surface area contributed by atoms with Gasteiger partial charge in [-0.1, -0.05) is 24.3 Å². The highest BCUT2D eigenvalue weighted by Gasteiger charge is 2.24. The van der Waals surface area contributed by atoms with Gasteiger partial charge in [0.15, 0.2) is 11.8 Å². The summed E-state index contributed by atoms with van der Waals surface area (Å²) in [7, 11) is 0. The molecule has 2 N–H and O–H groups in total. The largest absolute Gasteiger partial charge is 0.479 e. The molecule has 6 heteroatoms. The summed E-state index contributed by atoms with van der Waals surface area (Å²) in [5.41, 5.74) is 2.35. The van der Waals surface area contributed by atoms with E-state index in [1.807, 2.05) is 19.9 Å². The molecule has 0 fully saturated rings. The number of nitrogens with one attached hydrogen (secondary N) is 1. The van der Waals surface area contributed by atoms with E-state index >= 15 is 0 Å². The molecule has 1 heterocycles. The summed E-state index contributed by atoms with van der Waals surface area (Å²) in [6.45, 7) is 3.71. The average molecular weight is 345 g/mol. The first kappa shape index (κ1) is 17.9. The molecule has 24 heavy (non-hydrogen) atoms. The Morgan fingerprint density at radius 3 is 2.50 bits per heavy atom. The van der Waals surface area contributed by atoms with E-state index in [0.29, 0.717) is 10.4 Å². The third-order valence-corrected chi connectivity index (χ3v) is 4.80. The molecule has 0 saturated heterocycles. The van der Waals surface area contributed by atoms with Crippen LogP contribution in [0.1, 0.15) is 45.2 Å². The number of carbonyl (C=O) groups excluding carboxylic acids is 2. The highest BCUT2D eigenvalue weighted by atomic mass is 32.1. The van der Waals surface area contributed by atoms with Crippen molar-refractivity contribution in [2.24, 2.45) is 0 Å². The van der Waals surface area contributed by atoms with Crippen molar-refractivity contribution in [3.05, 3.63) is 57.3 Å². The van der Waals surface area contributed by atoms with Gasteiger partial charge in [0.2, 0.25) is 5.91 Å². The van der Waals surface area contributed by atoms with Gasteiger partial charge in [0, 0.05) is 12.8 Å². The third-order valence-electron chi connectivity index (χ3n) is 3.88. The molecule has 0 radical (unpaired) electrons.